The number of nitrogens with one attached hydrogen (secondary N) is 1. The standard InChI is InChI=1S/C17H16F2N2O/c18-13-4-12(5-14(19)6-13)17-7-11(8-20-9-17)15-2-1-3-16(22)21(15)10-17/h1-6,11,20H,7-10H2/t11-,17-/m1/s1. The molecule has 0 aliphatic carbocycles. The predicted molar refractivity (Wildman–Crippen MR) is 79.0 cm³/mol. The predicted octanol–water partition coefficient (Wildman–Crippen LogP) is 2.16. The summed E-state index contributed by atoms with van der Waals surface area (Å²) >= 11 is 0. The molecule has 0 unspecified atom stereocenters. The van der Waals surface area contributed by atoms with Crippen molar-refractivity contribution < 1.29 is 8.78 Å². The largest absolute Gasteiger partial charge is 0.315 e. The summed E-state index contributed by atoms with van der Waals surface area (Å²) in [6, 6.07) is 8.96. The minimum atomic E-state index is -0.572. The van der Waals surface area contributed by atoms with Crippen molar-refractivity contribution >= 4 is 0 Å². The third-order valence-corrected chi connectivity index (χ3v) is 4.93. The van der Waals surface area contributed by atoms with Gasteiger partial charge in [0, 0.05) is 48.8 Å². The van der Waals surface area contributed by atoms with Crippen LogP contribution in [0.25, 0.3) is 0 Å². The monoisotopic (exact) mass is 302 g/mol. The van der Waals surface area contributed by atoms with E-state index in [4.69, 9.17) is 0 Å². The number of rotatable bonds is 1. The summed E-state index contributed by atoms with van der Waals surface area (Å²) < 4.78 is 29.1. The van der Waals surface area contributed by atoms with E-state index in [1.54, 1.807) is 10.6 Å². The first-order valence-corrected chi connectivity index (χ1v) is 7.44. The lowest BCUT2D eigenvalue weighted by molar-refractivity contribution is 0.206. The van der Waals surface area contributed by atoms with Crippen molar-refractivity contribution in [3.8, 4) is 0 Å². The molecule has 1 N–H and O–H groups in total. The molecular formula is C17H16F2N2O. The molecule has 2 aliphatic heterocycles. The van der Waals surface area contributed by atoms with E-state index >= 15 is 0 Å². The first-order valence-electron chi connectivity index (χ1n) is 7.44. The van der Waals surface area contributed by atoms with Gasteiger partial charge < -0.3 is 9.88 Å². The second-order valence-electron chi connectivity index (χ2n) is 6.35. The molecule has 0 radical (unpaired) electrons. The van der Waals surface area contributed by atoms with Crippen LogP contribution in [0, 0.1) is 11.6 Å². The molecule has 1 aromatic carbocycles. The second-order valence-corrected chi connectivity index (χ2v) is 6.35. The zero-order chi connectivity index (χ0) is 15.3. The van der Waals surface area contributed by atoms with Gasteiger partial charge in [0.2, 0.25) is 0 Å². The van der Waals surface area contributed by atoms with E-state index in [2.05, 4.69) is 5.32 Å². The highest BCUT2D eigenvalue weighted by molar-refractivity contribution is 5.33. The number of halogens is 2. The molecule has 2 aliphatic rings. The molecule has 3 heterocycles. The maximum Gasteiger partial charge on any atom is 0.250 e. The molecule has 1 saturated heterocycles. The summed E-state index contributed by atoms with van der Waals surface area (Å²) in [4.78, 5) is 12.2. The Morgan fingerprint density at radius 1 is 1.18 bits per heavy atom. The molecule has 0 saturated carbocycles. The maximum atomic E-state index is 13.7. The Morgan fingerprint density at radius 3 is 2.73 bits per heavy atom. The van der Waals surface area contributed by atoms with Crippen LogP contribution in [0.2, 0.25) is 0 Å². The van der Waals surface area contributed by atoms with E-state index in [1.807, 2.05) is 6.07 Å². The minimum absolute atomic E-state index is 0.0506. The van der Waals surface area contributed by atoms with Gasteiger partial charge in [-0.3, -0.25) is 4.79 Å². The molecule has 2 bridgehead atoms. The molecular weight excluding hydrogens is 286 g/mol. The molecule has 5 heteroatoms. The number of hydrogen-bond donors (Lipinski definition) is 1. The van der Waals surface area contributed by atoms with E-state index in [0.29, 0.717) is 18.7 Å². The zero-order valence-corrected chi connectivity index (χ0v) is 12.0. The maximum absolute atomic E-state index is 13.7. The average Bonchev–Trinajstić information content (AvgIpc) is 2.48. The first-order chi connectivity index (χ1) is 10.6. The van der Waals surface area contributed by atoms with Gasteiger partial charge in [0.25, 0.3) is 5.56 Å². The fraction of sp³-hybridized carbons (Fsp3) is 0.353. The van der Waals surface area contributed by atoms with Gasteiger partial charge in [-0.15, -0.1) is 0 Å². The quantitative estimate of drug-likeness (QED) is 0.876. The van der Waals surface area contributed by atoms with Crippen LogP contribution in [0.5, 0.6) is 0 Å². The molecule has 0 spiro atoms. The summed E-state index contributed by atoms with van der Waals surface area (Å²) in [5.41, 5.74) is 1.14. The summed E-state index contributed by atoms with van der Waals surface area (Å²) in [5, 5.41) is 3.37. The third kappa shape index (κ3) is 2.00. The third-order valence-electron chi connectivity index (χ3n) is 4.93. The van der Waals surface area contributed by atoms with Crippen LogP contribution in [-0.4, -0.2) is 17.7 Å². The fourth-order valence-electron chi connectivity index (χ4n) is 3.97. The fourth-order valence-corrected chi connectivity index (χ4v) is 3.97. The molecule has 0 amide bonds. The highest BCUT2D eigenvalue weighted by Gasteiger charge is 2.43. The van der Waals surface area contributed by atoms with Gasteiger partial charge in [0.05, 0.1) is 0 Å². The van der Waals surface area contributed by atoms with Crippen molar-refractivity contribution in [3.05, 3.63) is 69.6 Å². The van der Waals surface area contributed by atoms with Crippen LogP contribution in [0.15, 0.2) is 41.2 Å². The highest BCUT2D eigenvalue weighted by Crippen LogP contribution is 2.43. The highest BCUT2D eigenvalue weighted by atomic mass is 19.1. The van der Waals surface area contributed by atoms with E-state index < -0.39 is 17.0 Å². The van der Waals surface area contributed by atoms with Gasteiger partial charge in [0.15, 0.2) is 0 Å². The smallest absolute Gasteiger partial charge is 0.250 e. The molecule has 3 nitrogen and oxygen atoms in total. The number of nitrogens with zero attached hydrogens (tertiary/aromatic N) is 1. The van der Waals surface area contributed by atoms with Gasteiger partial charge in [-0.05, 0) is 30.2 Å². The molecule has 1 aromatic heterocycles. The van der Waals surface area contributed by atoms with Crippen molar-refractivity contribution in [2.24, 2.45) is 0 Å². The van der Waals surface area contributed by atoms with E-state index in [1.165, 1.54) is 18.2 Å². The van der Waals surface area contributed by atoms with Crippen LogP contribution < -0.4 is 10.9 Å². The number of benzene rings is 1. The van der Waals surface area contributed by atoms with Gasteiger partial charge in [-0.2, -0.15) is 0 Å². The molecule has 2 aromatic rings. The number of piperidine rings is 1. The topological polar surface area (TPSA) is 34.0 Å². The number of pyridine rings is 1. The SMILES string of the molecule is O=c1cccc2n1C[C@]1(c3cc(F)cc(F)c3)CNC[C@H]2C1. The Bertz CT molecular complexity index is 781. The van der Waals surface area contributed by atoms with Crippen LogP contribution >= 0.6 is 0 Å². The van der Waals surface area contributed by atoms with Crippen molar-refractivity contribution in [2.75, 3.05) is 13.1 Å². The van der Waals surface area contributed by atoms with Gasteiger partial charge in [-0.25, -0.2) is 8.78 Å². The Kier molecular flexibility index (Phi) is 2.94. The number of aromatic nitrogens is 1. The van der Waals surface area contributed by atoms with Crippen molar-refractivity contribution in [1.82, 2.24) is 9.88 Å². The zero-order valence-electron chi connectivity index (χ0n) is 12.0. The summed E-state index contributed by atoms with van der Waals surface area (Å²) in [6.07, 6.45) is 0.798. The Labute approximate surface area is 126 Å². The molecule has 1 fully saturated rings. The Balaban J connectivity index is 1.89. The number of fused-ring (bicyclic) bond motifs is 4. The van der Waals surface area contributed by atoms with Crippen LogP contribution in [0.4, 0.5) is 8.78 Å². The Morgan fingerprint density at radius 2 is 1.95 bits per heavy atom. The normalized spacial score (nSPS) is 26.5. The lowest BCUT2D eigenvalue weighted by Crippen LogP contribution is -2.54. The average molecular weight is 302 g/mol. The molecule has 2 atom stereocenters. The van der Waals surface area contributed by atoms with Crippen LogP contribution in [0.3, 0.4) is 0 Å². The van der Waals surface area contributed by atoms with Gasteiger partial charge in [0.1, 0.15) is 11.6 Å². The van der Waals surface area contributed by atoms with E-state index in [0.717, 1.165) is 24.7 Å². The van der Waals surface area contributed by atoms with E-state index in [9.17, 15) is 13.6 Å². The van der Waals surface area contributed by atoms with Gasteiger partial charge in [-0.1, -0.05) is 6.07 Å². The van der Waals surface area contributed by atoms with Crippen LogP contribution in [-0.2, 0) is 12.0 Å². The molecule has 22 heavy (non-hydrogen) atoms. The van der Waals surface area contributed by atoms with Crippen molar-refractivity contribution in [3.63, 3.8) is 0 Å². The van der Waals surface area contributed by atoms with Crippen molar-refractivity contribution in [1.29, 1.82) is 0 Å². The number of hydrogen-bond acceptors (Lipinski definition) is 2. The summed E-state index contributed by atoms with van der Waals surface area (Å²) in [6.45, 7) is 1.85. The van der Waals surface area contributed by atoms with Crippen LogP contribution in [0.1, 0.15) is 23.6 Å². The second kappa shape index (κ2) is 4.74. The Hall–Kier alpha value is -2.01. The molecule has 4 rings (SSSR count). The summed E-state index contributed by atoms with van der Waals surface area (Å²) in [7, 11) is 0. The summed E-state index contributed by atoms with van der Waals surface area (Å²) in [5.74, 6) is -0.960. The van der Waals surface area contributed by atoms with Gasteiger partial charge >= 0.3 is 0 Å². The minimum Gasteiger partial charge on any atom is -0.315 e. The lowest BCUT2D eigenvalue weighted by atomic mass is 9.68. The molecule has 114 valence electrons. The van der Waals surface area contributed by atoms with Crippen molar-refractivity contribution in [2.45, 2.75) is 24.3 Å². The first kappa shape index (κ1) is 13.6. The lowest BCUT2D eigenvalue weighted by Gasteiger charge is -2.47. The van der Waals surface area contributed by atoms with E-state index in [-0.39, 0.29) is 11.5 Å².